The molecule has 42 heavy (non-hydrogen) atoms. The van der Waals surface area contributed by atoms with Gasteiger partial charge in [-0.05, 0) is 100 Å². The van der Waals surface area contributed by atoms with Gasteiger partial charge in [0.1, 0.15) is 0 Å². The lowest BCUT2D eigenvalue weighted by molar-refractivity contribution is 0.758. The molecule has 0 nitrogen and oxygen atoms in total. The molecular weight excluding hydrogens is 504 g/mol. The first kappa shape index (κ1) is 22.5. The van der Waals surface area contributed by atoms with Crippen molar-refractivity contribution in [1.82, 2.24) is 0 Å². The van der Waals surface area contributed by atoms with Crippen LogP contribution in [0.5, 0.6) is 0 Å². The lowest BCUT2D eigenvalue weighted by Gasteiger charge is -2.31. The van der Waals surface area contributed by atoms with Crippen LogP contribution in [0.3, 0.4) is 0 Å². The van der Waals surface area contributed by atoms with E-state index in [0.717, 1.165) is 0 Å². The van der Waals surface area contributed by atoms with Crippen molar-refractivity contribution in [1.29, 1.82) is 0 Å². The number of hydrogen-bond donors (Lipinski definition) is 0. The van der Waals surface area contributed by atoms with Gasteiger partial charge >= 0.3 is 0 Å². The summed E-state index contributed by atoms with van der Waals surface area (Å²) in [6, 6.07) is 44.9. The molecule has 0 saturated carbocycles. The Labute approximate surface area is 245 Å². The molecule has 0 N–H and O–H groups in total. The van der Waals surface area contributed by atoms with Crippen LogP contribution in [0, 0.1) is 11.8 Å². The molecule has 6 aromatic rings. The van der Waals surface area contributed by atoms with Crippen molar-refractivity contribution in [3.8, 4) is 22.3 Å². The van der Waals surface area contributed by atoms with Gasteiger partial charge in [-0.25, -0.2) is 0 Å². The van der Waals surface area contributed by atoms with E-state index < -0.39 is 0 Å². The molecule has 0 saturated heterocycles. The van der Waals surface area contributed by atoms with Crippen LogP contribution in [-0.2, 0) is 0 Å². The van der Waals surface area contributed by atoms with Gasteiger partial charge in [-0.3, -0.25) is 0 Å². The molecule has 0 unspecified atom stereocenters. The summed E-state index contributed by atoms with van der Waals surface area (Å²) in [4.78, 5) is 0. The highest BCUT2D eigenvalue weighted by atomic mass is 14.5. The number of fused-ring (bicyclic) bond motifs is 8. The second-order valence-electron chi connectivity index (χ2n) is 12.0. The molecule has 0 heteroatoms. The van der Waals surface area contributed by atoms with Gasteiger partial charge in [0.2, 0.25) is 0 Å². The summed E-state index contributed by atoms with van der Waals surface area (Å²) in [5, 5.41) is 5.22. The Balaban J connectivity index is 1.41. The smallest absolute Gasteiger partial charge is 0.0212 e. The van der Waals surface area contributed by atoms with Crippen LogP contribution in [0.25, 0.3) is 66.1 Å². The number of rotatable bonds is 2. The number of hydrogen-bond acceptors (Lipinski definition) is 0. The maximum Gasteiger partial charge on any atom is 0.0212 e. The fourth-order valence-electron chi connectivity index (χ4n) is 8.37. The molecule has 4 aliphatic carbocycles. The summed E-state index contributed by atoms with van der Waals surface area (Å²) in [7, 11) is 0. The summed E-state index contributed by atoms with van der Waals surface area (Å²) < 4.78 is 0. The van der Waals surface area contributed by atoms with Crippen molar-refractivity contribution < 1.29 is 0 Å². The molecule has 0 radical (unpaired) electrons. The predicted molar refractivity (Wildman–Crippen MR) is 178 cm³/mol. The lowest BCUT2D eigenvalue weighted by atomic mass is 9.72. The van der Waals surface area contributed by atoms with Gasteiger partial charge in [0, 0.05) is 11.8 Å². The summed E-state index contributed by atoms with van der Waals surface area (Å²) >= 11 is 0. The highest BCUT2D eigenvalue weighted by Gasteiger charge is 2.49. The van der Waals surface area contributed by atoms with Crippen LogP contribution in [0.15, 0.2) is 146 Å². The SMILES string of the molecule is C1=C2c3ccccc3C3=CC=C4c5c(c(-c6ccccc6)c6cc7ccccc7cc6c5-c5ccccc5)C(=C1)C4C23. The monoisotopic (exact) mass is 530 g/mol. The molecule has 194 valence electrons. The zero-order chi connectivity index (χ0) is 27.4. The molecule has 0 amide bonds. The van der Waals surface area contributed by atoms with Crippen molar-refractivity contribution >= 4 is 43.8 Å². The molecule has 0 bridgehead atoms. The zero-order valence-corrected chi connectivity index (χ0v) is 23.0. The first-order chi connectivity index (χ1) is 20.9. The third-order valence-corrected chi connectivity index (χ3v) is 9.98. The Morgan fingerprint density at radius 1 is 0.333 bits per heavy atom. The second kappa shape index (κ2) is 8.18. The maximum absolute atomic E-state index is 2.45. The molecule has 6 aromatic carbocycles. The molecule has 4 aliphatic rings. The van der Waals surface area contributed by atoms with Crippen molar-refractivity contribution in [2.45, 2.75) is 0 Å². The van der Waals surface area contributed by atoms with Gasteiger partial charge in [0.15, 0.2) is 0 Å². The minimum Gasteiger partial charge on any atom is -0.0622 e. The average molecular weight is 531 g/mol. The van der Waals surface area contributed by atoms with E-state index in [2.05, 4.69) is 146 Å². The molecule has 0 fully saturated rings. The topological polar surface area (TPSA) is 0 Å². The zero-order valence-electron chi connectivity index (χ0n) is 23.0. The molecule has 0 aliphatic heterocycles. The quantitative estimate of drug-likeness (QED) is 0.195. The fraction of sp³-hybridized carbons (Fsp3) is 0.0476. The first-order valence-electron chi connectivity index (χ1n) is 14.9. The highest BCUT2D eigenvalue weighted by molar-refractivity contribution is 6.22. The average Bonchev–Trinajstić information content (AvgIpc) is 3.56. The first-order valence-corrected chi connectivity index (χ1v) is 14.9. The fourth-order valence-corrected chi connectivity index (χ4v) is 8.37. The molecule has 0 aromatic heterocycles. The summed E-state index contributed by atoms with van der Waals surface area (Å²) in [6.07, 6.45) is 9.76. The van der Waals surface area contributed by atoms with E-state index >= 15 is 0 Å². The molecule has 10 rings (SSSR count). The summed E-state index contributed by atoms with van der Waals surface area (Å²) in [5.74, 6) is 0.688. The van der Waals surface area contributed by atoms with Crippen molar-refractivity contribution in [2.75, 3.05) is 0 Å². The molecule has 0 heterocycles. The van der Waals surface area contributed by atoms with Crippen LogP contribution < -0.4 is 0 Å². The second-order valence-corrected chi connectivity index (χ2v) is 12.0. The van der Waals surface area contributed by atoms with Gasteiger partial charge in [0.05, 0.1) is 0 Å². The van der Waals surface area contributed by atoms with Crippen LogP contribution in [-0.4, -0.2) is 0 Å². The number of allylic oxidation sites excluding steroid dienone is 8. The Morgan fingerprint density at radius 2 is 0.714 bits per heavy atom. The Bertz CT molecular complexity index is 2110. The van der Waals surface area contributed by atoms with E-state index in [1.165, 1.54) is 88.3 Å². The van der Waals surface area contributed by atoms with Crippen molar-refractivity contribution in [3.63, 3.8) is 0 Å². The van der Waals surface area contributed by atoms with Crippen LogP contribution in [0.4, 0.5) is 0 Å². The Morgan fingerprint density at radius 3 is 1.19 bits per heavy atom. The van der Waals surface area contributed by atoms with Crippen LogP contribution in [0.1, 0.15) is 22.3 Å². The van der Waals surface area contributed by atoms with E-state index in [1.807, 2.05) is 0 Å². The van der Waals surface area contributed by atoms with E-state index in [0.29, 0.717) is 11.8 Å². The Hall–Kier alpha value is -5.20. The number of benzene rings is 6. The molecule has 0 atom stereocenters. The lowest BCUT2D eigenvalue weighted by Crippen LogP contribution is -2.17. The molecular formula is C42H26. The van der Waals surface area contributed by atoms with Gasteiger partial charge in [-0.15, -0.1) is 0 Å². The van der Waals surface area contributed by atoms with Crippen LogP contribution >= 0.6 is 0 Å². The minimum absolute atomic E-state index is 0.323. The predicted octanol–water partition coefficient (Wildman–Crippen LogP) is 10.8. The van der Waals surface area contributed by atoms with E-state index in [-0.39, 0.29) is 0 Å². The Kier molecular flexibility index (Phi) is 4.38. The van der Waals surface area contributed by atoms with Gasteiger partial charge in [-0.2, -0.15) is 0 Å². The molecule has 0 spiro atoms. The maximum atomic E-state index is 2.45. The normalized spacial score (nSPS) is 19.0. The summed E-state index contributed by atoms with van der Waals surface area (Å²) in [6.45, 7) is 0. The standard InChI is InChI=1S/C42H26/c1-3-11-25(12-4-1)37-35-23-27-15-7-8-16-28(27)24-36(35)38(26-13-5-2-6-14-26)42-34-22-20-32-30-18-10-9-17-29(30)31-19-21-33(41(37)42)40(34)39(31)32/h1-24,39-40H. The highest BCUT2D eigenvalue weighted by Crippen LogP contribution is 2.66. The van der Waals surface area contributed by atoms with Gasteiger partial charge < -0.3 is 0 Å². The van der Waals surface area contributed by atoms with E-state index in [1.54, 1.807) is 0 Å². The van der Waals surface area contributed by atoms with Crippen LogP contribution in [0.2, 0.25) is 0 Å². The minimum atomic E-state index is 0.323. The third-order valence-electron chi connectivity index (χ3n) is 9.98. The third kappa shape index (κ3) is 2.82. The van der Waals surface area contributed by atoms with E-state index in [4.69, 9.17) is 0 Å². The van der Waals surface area contributed by atoms with Gasteiger partial charge in [0.25, 0.3) is 0 Å². The summed E-state index contributed by atoms with van der Waals surface area (Å²) in [5.41, 5.74) is 16.8. The van der Waals surface area contributed by atoms with Gasteiger partial charge in [-0.1, -0.05) is 133 Å². The van der Waals surface area contributed by atoms with Crippen molar-refractivity contribution in [2.24, 2.45) is 11.8 Å². The van der Waals surface area contributed by atoms with Crippen molar-refractivity contribution in [3.05, 3.63) is 168 Å². The largest absolute Gasteiger partial charge is 0.0622 e. The van der Waals surface area contributed by atoms with E-state index in [9.17, 15) is 0 Å².